The average molecular weight is 258 g/mol. The van der Waals surface area contributed by atoms with Gasteiger partial charge in [0.05, 0.1) is 0 Å². The fourth-order valence-electron chi connectivity index (χ4n) is 1.32. The van der Waals surface area contributed by atoms with Crippen molar-refractivity contribution in [2.75, 3.05) is 12.3 Å². The second-order valence-electron chi connectivity index (χ2n) is 3.36. The lowest BCUT2D eigenvalue weighted by Gasteiger charge is -2.11. The van der Waals surface area contributed by atoms with Gasteiger partial charge in [0.1, 0.15) is 4.38 Å². The third-order valence-electron chi connectivity index (χ3n) is 2.10. The van der Waals surface area contributed by atoms with Crippen molar-refractivity contribution < 1.29 is 0 Å². The van der Waals surface area contributed by atoms with E-state index in [1.165, 1.54) is 27.0 Å². The molecule has 0 aromatic heterocycles. The maximum absolute atomic E-state index is 5.91. The van der Waals surface area contributed by atoms with Crippen molar-refractivity contribution in [2.45, 2.75) is 18.2 Å². The predicted molar refractivity (Wildman–Crippen MR) is 71.4 cm³/mol. The van der Waals surface area contributed by atoms with Crippen molar-refractivity contribution in [1.29, 1.82) is 0 Å². The number of rotatable bonds is 1. The summed E-state index contributed by atoms with van der Waals surface area (Å²) in [5.74, 6) is 1.19. The number of halogens is 1. The fourth-order valence-corrected chi connectivity index (χ4v) is 3.64. The van der Waals surface area contributed by atoms with Gasteiger partial charge in [0.25, 0.3) is 0 Å². The molecule has 1 aliphatic rings. The van der Waals surface area contributed by atoms with Gasteiger partial charge >= 0.3 is 0 Å². The normalized spacial score (nSPS) is 16.3. The van der Waals surface area contributed by atoms with Crippen LogP contribution >= 0.6 is 35.1 Å². The Morgan fingerprint density at radius 2 is 2.33 bits per heavy atom. The topological polar surface area (TPSA) is 12.4 Å². The van der Waals surface area contributed by atoms with Crippen LogP contribution in [0.1, 0.15) is 12.0 Å². The van der Waals surface area contributed by atoms with E-state index >= 15 is 0 Å². The van der Waals surface area contributed by atoms with Crippen molar-refractivity contribution in [3.05, 3.63) is 28.8 Å². The van der Waals surface area contributed by atoms with Gasteiger partial charge in [-0.3, -0.25) is 4.99 Å². The molecule has 0 saturated heterocycles. The summed E-state index contributed by atoms with van der Waals surface area (Å²) in [4.78, 5) is 5.75. The van der Waals surface area contributed by atoms with Crippen LogP contribution in [0.25, 0.3) is 0 Å². The molecule has 0 atom stereocenters. The lowest BCUT2D eigenvalue weighted by molar-refractivity contribution is 0.942. The van der Waals surface area contributed by atoms with E-state index in [0.29, 0.717) is 0 Å². The Labute approximate surface area is 104 Å². The Morgan fingerprint density at radius 3 is 3.00 bits per heavy atom. The van der Waals surface area contributed by atoms with Gasteiger partial charge < -0.3 is 0 Å². The highest BCUT2D eigenvalue weighted by molar-refractivity contribution is 8.39. The first kappa shape index (κ1) is 11.4. The smallest absolute Gasteiger partial charge is 0.129 e. The molecule has 1 heterocycles. The van der Waals surface area contributed by atoms with E-state index in [1.54, 1.807) is 11.8 Å². The highest BCUT2D eigenvalue weighted by Crippen LogP contribution is 2.31. The van der Waals surface area contributed by atoms with Gasteiger partial charge in [-0.25, -0.2) is 0 Å². The molecule has 0 N–H and O–H groups in total. The summed E-state index contributed by atoms with van der Waals surface area (Å²) in [6.07, 6.45) is 1.20. The van der Waals surface area contributed by atoms with Gasteiger partial charge in [0, 0.05) is 22.2 Å². The molecule has 0 radical (unpaired) electrons. The lowest BCUT2D eigenvalue weighted by Crippen LogP contribution is -1.99. The van der Waals surface area contributed by atoms with Crippen LogP contribution in [0, 0.1) is 6.92 Å². The highest BCUT2D eigenvalue weighted by Gasteiger charge is 2.09. The Kier molecular flexibility index (Phi) is 4.00. The van der Waals surface area contributed by atoms with Crippen LogP contribution < -0.4 is 0 Å². The second kappa shape index (κ2) is 5.28. The molecule has 0 amide bonds. The molecular weight excluding hydrogens is 246 g/mol. The van der Waals surface area contributed by atoms with Crippen molar-refractivity contribution in [1.82, 2.24) is 0 Å². The first-order valence-corrected chi connectivity index (χ1v) is 7.05. The summed E-state index contributed by atoms with van der Waals surface area (Å²) in [5.41, 5.74) is 1.22. The number of benzene rings is 1. The Bertz CT molecular complexity index is 390. The van der Waals surface area contributed by atoms with Gasteiger partial charge in [0.2, 0.25) is 0 Å². The quantitative estimate of drug-likeness (QED) is 0.746. The summed E-state index contributed by atoms with van der Waals surface area (Å²) in [6, 6.07) is 6.00. The molecular formula is C11H12ClNS2. The van der Waals surface area contributed by atoms with E-state index in [0.717, 1.165) is 11.6 Å². The van der Waals surface area contributed by atoms with Crippen molar-refractivity contribution in [2.24, 2.45) is 4.99 Å². The van der Waals surface area contributed by atoms with Crippen LogP contribution in [0.3, 0.4) is 0 Å². The van der Waals surface area contributed by atoms with Crippen molar-refractivity contribution in [3.63, 3.8) is 0 Å². The van der Waals surface area contributed by atoms with Crippen LogP contribution in [0.2, 0.25) is 5.02 Å². The molecule has 1 aliphatic heterocycles. The molecule has 0 unspecified atom stereocenters. The van der Waals surface area contributed by atoms with E-state index < -0.39 is 0 Å². The average Bonchev–Trinajstić information content (AvgIpc) is 2.24. The van der Waals surface area contributed by atoms with Gasteiger partial charge in [-0.05, 0) is 37.1 Å². The lowest BCUT2D eigenvalue weighted by atomic mass is 10.2. The molecule has 1 aromatic carbocycles. The zero-order valence-electron chi connectivity index (χ0n) is 8.50. The third kappa shape index (κ3) is 3.16. The summed E-state index contributed by atoms with van der Waals surface area (Å²) < 4.78 is 1.19. The molecule has 0 bridgehead atoms. The zero-order chi connectivity index (χ0) is 10.7. The predicted octanol–water partition coefficient (Wildman–Crippen LogP) is 4.23. The SMILES string of the molecule is Cc1cc(Cl)ccc1SC1=NCCCS1. The number of aliphatic imine (C=N–C) groups is 1. The van der Waals surface area contributed by atoms with Crippen LogP contribution in [0.5, 0.6) is 0 Å². The van der Waals surface area contributed by atoms with Gasteiger partial charge in [0.15, 0.2) is 0 Å². The molecule has 80 valence electrons. The largest absolute Gasteiger partial charge is 0.271 e. The number of thioether (sulfide) groups is 2. The number of hydrogen-bond acceptors (Lipinski definition) is 3. The van der Waals surface area contributed by atoms with Crippen LogP contribution in [0.4, 0.5) is 0 Å². The van der Waals surface area contributed by atoms with E-state index in [4.69, 9.17) is 11.6 Å². The minimum Gasteiger partial charge on any atom is -0.271 e. The minimum absolute atomic E-state index is 0.801. The van der Waals surface area contributed by atoms with Crippen LogP contribution in [-0.4, -0.2) is 16.7 Å². The van der Waals surface area contributed by atoms with E-state index in [9.17, 15) is 0 Å². The number of aryl methyl sites for hydroxylation is 1. The van der Waals surface area contributed by atoms with E-state index in [2.05, 4.69) is 18.0 Å². The molecule has 2 rings (SSSR count). The van der Waals surface area contributed by atoms with E-state index in [1.807, 2.05) is 23.9 Å². The third-order valence-corrected chi connectivity index (χ3v) is 4.79. The summed E-state index contributed by atoms with van der Waals surface area (Å²) in [6.45, 7) is 3.06. The molecule has 15 heavy (non-hydrogen) atoms. The Balaban J connectivity index is 2.13. The Hall–Kier alpha value is -0.120. The molecule has 0 saturated carbocycles. The molecule has 4 heteroatoms. The van der Waals surface area contributed by atoms with E-state index in [-0.39, 0.29) is 0 Å². The molecule has 0 spiro atoms. The maximum atomic E-state index is 5.91. The maximum Gasteiger partial charge on any atom is 0.129 e. The second-order valence-corrected chi connectivity index (χ2v) is 6.17. The van der Waals surface area contributed by atoms with Crippen LogP contribution in [-0.2, 0) is 0 Å². The molecule has 1 nitrogen and oxygen atoms in total. The van der Waals surface area contributed by atoms with Crippen molar-refractivity contribution in [3.8, 4) is 0 Å². The highest BCUT2D eigenvalue weighted by atomic mass is 35.5. The number of hydrogen-bond donors (Lipinski definition) is 0. The Morgan fingerprint density at radius 1 is 1.47 bits per heavy atom. The van der Waals surface area contributed by atoms with Gasteiger partial charge in [-0.1, -0.05) is 35.1 Å². The summed E-state index contributed by atoms with van der Waals surface area (Å²) in [7, 11) is 0. The minimum atomic E-state index is 0.801. The van der Waals surface area contributed by atoms with Crippen LogP contribution in [0.15, 0.2) is 28.1 Å². The number of nitrogens with zero attached hydrogens (tertiary/aromatic N) is 1. The van der Waals surface area contributed by atoms with Gasteiger partial charge in [-0.15, -0.1) is 0 Å². The molecule has 0 aliphatic carbocycles. The summed E-state index contributed by atoms with van der Waals surface area (Å²) in [5, 5.41) is 0.801. The first-order valence-electron chi connectivity index (χ1n) is 4.87. The molecule has 1 aromatic rings. The van der Waals surface area contributed by atoms with Crippen molar-refractivity contribution >= 4 is 39.5 Å². The first-order chi connectivity index (χ1) is 7.25. The zero-order valence-corrected chi connectivity index (χ0v) is 10.9. The standard InChI is InChI=1S/C11H12ClNS2/c1-8-7-9(12)3-4-10(8)15-11-13-5-2-6-14-11/h3-4,7H,2,5-6H2,1H3. The fraction of sp³-hybridized carbons (Fsp3) is 0.364. The monoisotopic (exact) mass is 257 g/mol. The molecule has 0 fully saturated rings. The van der Waals surface area contributed by atoms with Gasteiger partial charge in [-0.2, -0.15) is 0 Å². The summed E-state index contributed by atoms with van der Waals surface area (Å²) >= 11 is 9.52.